The lowest BCUT2D eigenvalue weighted by Crippen LogP contribution is -2.33. The van der Waals surface area contributed by atoms with Crippen LogP contribution in [0.25, 0.3) is 0 Å². The van der Waals surface area contributed by atoms with E-state index in [0.717, 1.165) is 11.3 Å². The van der Waals surface area contributed by atoms with Crippen molar-refractivity contribution in [2.24, 2.45) is 7.05 Å². The fourth-order valence-electron chi connectivity index (χ4n) is 3.85. The molecule has 3 aromatic rings. The molecule has 4 rings (SSSR count). The minimum absolute atomic E-state index is 0.115. The van der Waals surface area contributed by atoms with E-state index in [1.807, 2.05) is 54.9 Å². The van der Waals surface area contributed by atoms with E-state index < -0.39 is 0 Å². The number of benzene rings is 2. The van der Waals surface area contributed by atoms with Gasteiger partial charge in [-0.25, -0.2) is 0 Å². The first kappa shape index (κ1) is 21.2. The Hall–Kier alpha value is -3.06. The molecule has 0 fully saturated rings. The lowest BCUT2D eigenvalue weighted by Gasteiger charge is -2.27. The number of hydrogen-bond acceptors (Lipinski definition) is 5. The number of carbonyl (C=O) groups is 1. The summed E-state index contributed by atoms with van der Waals surface area (Å²) in [6, 6.07) is 15.7. The first-order valence-corrected chi connectivity index (χ1v) is 11.3. The molecule has 1 unspecified atom stereocenters. The van der Waals surface area contributed by atoms with E-state index in [-0.39, 0.29) is 23.8 Å². The van der Waals surface area contributed by atoms with Gasteiger partial charge in [-0.2, -0.15) is 4.98 Å². The fraction of sp³-hybridized carbons (Fsp3) is 0.292. The summed E-state index contributed by atoms with van der Waals surface area (Å²) in [4.78, 5) is 30.0. The average molecular weight is 436 g/mol. The minimum Gasteiger partial charge on any atom is -0.494 e. The molecule has 160 valence electrons. The number of rotatable bonds is 6. The van der Waals surface area contributed by atoms with Crippen LogP contribution < -0.4 is 15.6 Å². The molecule has 1 aromatic heterocycles. The van der Waals surface area contributed by atoms with Gasteiger partial charge in [-0.05, 0) is 42.7 Å². The standard InChI is InChI=1S/C24H25N3O3S/c1-4-30-18-11-7-10-16(12-18)19-13-20(28)25-22-21(19)23(29)26-24(27(22)3)31-14-17-9-6-5-8-15(17)2/h5-12,19H,4,13-14H2,1-3H3,(H,25,28). The van der Waals surface area contributed by atoms with E-state index in [1.54, 1.807) is 0 Å². The van der Waals surface area contributed by atoms with Crippen LogP contribution in [0.15, 0.2) is 58.5 Å². The fourth-order valence-corrected chi connectivity index (χ4v) is 4.89. The van der Waals surface area contributed by atoms with Crippen LogP contribution in [0.1, 0.15) is 41.5 Å². The Balaban J connectivity index is 1.71. The van der Waals surface area contributed by atoms with Crippen molar-refractivity contribution >= 4 is 23.5 Å². The number of thioether (sulfide) groups is 1. The van der Waals surface area contributed by atoms with E-state index in [2.05, 4.69) is 29.4 Å². The van der Waals surface area contributed by atoms with Crippen molar-refractivity contribution in [2.45, 2.75) is 37.1 Å². The predicted molar refractivity (Wildman–Crippen MR) is 123 cm³/mol. The lowest BCUT2D eigenvalue weighted by molar-refractivity contribution is -0.116. The Bertz CT molecular complexity index is 1190. The molecule has 0 radical (unpaired) electrons. The van der Waals surface area contributed by atoms with Crippen molar-refractivity contribution in [3.05, 3.63) is 81.1 Å². The van der Waals surface area contributed by atoms with Gasteiger partial charge in [0.15, 0.2) is 5.16 Å². The van der Waals surface area contributed by atoms with Gasteiger partial charge in [-0.15, -0.1) is 0 Å². The van der Waals surface area contributed by atoms with Crippen LogP contribution in [0.2, 0.25) is 0 Å². The molecule has 1 atom stereocenters. The summed E-state index contributed by atoms with van der Waals surface area (Å²) >= 11 is 1.49. The van der Waals surface area contributed by atoms with E-state index in [0.29, 0.717) is 28.9 Å². The van der Waals surface area contributed by atoms with Gasteiger partial charge in [0.05, 0.1) is 12.2 Å². The lowest BCUT2D eigenvalue weighted by atomic mass is 9.86. The zero-order valence-electron chi connectivity index (χ0n) is 17.8. The number of hydrogen-bond donors (Lipinski definition) is 1. The van der Waals surface area contributed by atoms with Crippen LogP contribution in [0.3, 0.4) is 0 Å². The molecule has 2 heterocycles. The Morgan fingerprint density at radius 2 is 2.00 bits per heavy atom. The van der Waals surface area contributed by atoms with Crippen molar-refractivity contribution in [1.29, 1.82) is 0 Å². The molecular weight excluding hydrogens is 410 g/mol. The minimum atomic E-state index is -0.356. The number of nitrogens with zero attached hydrogens (tertiary/aromatic N) is 2. The molecule has 31 heavy (non-hydrogen) atoms. The highest BCUT2D eigenvalue weighted by Gasteiger charge is 2.32. The normalized spacial score (nSPS) is 15.3. The smallest absolute Gasteiger partial charge is 0.279 e. The van der Waals surface area contributed by atoms with Gasteiger partial charge >= 0.3 is 0 Å². The topological polar surface area (TPSA) is 73.2 Å². The third kappa shape index (κ3) is 4.37. The highest BCUT2D eigenvalue weighted by Crippen LogP contribution is 2.37. The summed E-state index contributed by atoms with van der Waals surface area (Å²) in [5.41, 5.74) is 3.49. The maximum absolute atomic E-state index is 13.1. The van der Waals surface area contributed by atoms with Crippen LogP contribution in [0.4, 0.5) is 5.82 Å². The van der Waals surface area contributed by atoms with Crippen molar-refractivity contribution in [1.82, 2.24) is 9.55 Å². The SMILES string of the molecule is CCOc1cccc(C2CC(=O)Nc3c2c(=O)nc(SCc2ccccc2C)n3C)c1. The maximum atomic E-state index is 13.1. The summed E-state index contributed by atoms with van der Waals surface area (Å²) in [6.07, 6.45) is 0.204. The summed E-state index contributed by atoms with van der Waals surface area (Å²) in [7, 11) is 1.84. The van der Waals surface area contributed by atoms with E-state index in [1.165, 1.54) is 22.9 Å². The van der Waals surface area contributed by atoms with E-state index in [4.69, 9.17) is 4.74 Å². The van der Waals surface area contributed by atoms with Crippen molar-refractivity contribution in [3.8, 4) is 5.75 Å². The monoisotopic (exact) mass is 435 g/mol. The van der Waals surface area contributed by atoms with Crippen LogP contribution in [-0.4, -0.2) is 22.1 Å². The van der Waals surface area contributed by atoms with Crippen LogP contribution in [0, 0.1) is 6.92 Å². The highest BCUT2D eigenvalue weighted by molar-refractivity contribution is 7.98. The second kappa shape index (κ2) is 8.98. The first-order valence-electron chi connectivity index (χ1n) is 10.3. The van der Waals surface area contributed by atoms with Gasteiger partial charge in [0.2, 0.25) is 5.91 Å². The predicted octanol–water partition coefficient (Wildman–Crippen LogP) is 4.25. The van der Waals surface area contributed by atoms with Crippen molar-refractivity contribution in [3.63, 3.8) is 0 Å². The number of aryl methyl sites for hydroxylation is 1. The Morgan fingerprint density at radius 1 is 1.19 bits per heavy atom. The second-order valence-electron chi connectivity index (χ2n) is 7.55. The van der Waals surface area contributed by atoms with Crippen molar-refractivity contribution in [2.75, 3.05) is 11.9 Å². The van der Waals surface area contributed by atoms with Gasteiger partial charge in [0, 0.05) is 25.1 Å². The van der Waals surface area contributed by atoms with Gasteiger partial charge in [-0.3, -0.25) is 9.59 Å². The maximum Gasteiger partial charge on any atom is 0.279 e. The number of nitrogens with one attached hydrogen (secondary N) is 1. The Kier molecular flexibility index (Phi) is 6.13. The molecule has 2 aromatic carbocycles. The Morgan fingerprint density at radius 3 is 2.77 bits per heavy atom. The summed E-state index contributed by atoms with van der Waals surface area (Å²) < 4.78 is 7.42. The molecule has 0 aliphatic carbocycles. The van der Waals surface area contributed by atoms with Gasteiger partial charge in [-0.1, -0.05) is 48.2 Å². The number of aromatic nitrogens is 2. The zero-order valence-corrected chi connectivity index (χ0v) is 18.7. The number of fused-ring (bicyclic) bond motifs is 1. The molecule has 1 N–H and O–H groups in total. The summed E-state index contributed by atoms with van der Waals surface area (Å²) in [5, 5.41) is 3.48. The number of ether oxygens (including phenoxy) is 1. The largest absolute Gasteiger partial charge is 0.494 e. The average Bonchev–Trinajstić information content (AvgIpc) is 2.76. The third-order valence-corrected chi connectivity index (χ3v) is 6.57. The third-order valence-electron chi connectivity index (χ3n) is 5.49. The van der Waals surface area contributed by atoms with Gasteiger partial charge in [0.1, 0.15) is 11.6 Å². The molecule has 1 aliphatic heterocycles. The summed E-state index contributed by atoms with van der Waals surface area (Å²) in [6.45, 7) is 4.54. The second-order valence-corrected chi connectivity index (χ2v) is 8.49. The molecular formula is C24H25N3O3S. The van der Waals surface area contributed by atoms with E-state index >= 15 is 0 Å². The van der Waals surface area contributed by atoms with Gasteiger partial charge in [0.25, 0.3) is 5.56 Å². The molecule has 0 saturated heterocycles. The first-order chi connectivity index (χ1) is 15.0. The molecule has 1 aliphatic rings. The number of amides is 1. The molecule has 6 nitrogen and oxygen atoms in total. The van der Waals surface area contributed by atoms with Crippen LogP contribution >= 0.6 is 11.8 Å². The van der Waals surface area contributed by atoms with Crippen LogP contribution in [0.5, 0.6) is 5.75 Å². The molecule has 0 spiro atoms. The number of anilines is 1. The molecule has 1 amide bonds. The van der Waals surface area contributed by atoms with E-state index in [9.17, 15) is 9.59 Å². The zero-order chi connectivity index (χ0) is 22.0. The molecule has 7 heteroatoms. The van der Waals surface area contributed by atoms with Crippen LogP contribution in [-0.2, 0) is 17.6 Å². The number of carbonyl (C=O) groups excluding carboxylic acids is 1. The highest BCUT2D eigenvalue weighted by atomic mass is 32.2. The quantitative estimate of drug-likeness (QED) is 0.463. The molecule has 0 bridgehead atoms. The molecule has 0 saturated carbocycles. The van der Waals surface area contributed by atoms with Crippen molar-refractivity contribution < 1.29 is 9.53 Å². The summed E-state index contributed by atoms with van der Waals surface area (Å²) in [5.74, 6) is 1.47. The Labute approximate surface area is 185 Å². The van der Waals surface area contributed by atoms with Gasteiger partial charge < -0.3 is 14.6 Å².